The molecule has 0 saturated carbocycles. The van der Waals surface area contributed by atoms with Crippen molar-refractivity contribution in [3.05, 3.63) is 18.0 Å². The fourth-order valence-electron chi connectivity index (χ4n) is 3.20. The molecule has 2 rings (SSSR count). The molecule has 2 heterocycles. The van der Waals surface area contributed by atoms with Gasteiger partial charge in [0.15, 0.2) is 0 Å². The van der Waals surface area contributed by atoms with Crippen molar-refractivity contribution in [1.29, 1.82) is 0 Å². The molecule has 21 heavy (non-hydrogen) atoms. The molecule has 120 valence electrons. The van der Waals surface area contributed by atoms with Crippen molar-refractivity contribution in [2.24, 2.45) is 0 Å². The summed E-state index contributed by atoms with van der Waals surface area (Å²) in [4.78, 5) is 2.58. The first-order valence-electron chi connectivity index (χ1n) is 8.64. The van der Waals surface area contributed by atoms with Crippen molar-refractivity contribution in [2.75, 3.05) is 19.6 Å². The molecule has 1 unspecified atom stereocenters. The van der Waals surface area contributed by atoms with E-state index in [4.69, 9.17) is 5.10 Å². The number of hydrogen-bond acceptors (Lipinski definition) is 3. The van der Waals surface area contributed by atoms with Gasteiger partial charge in [-0.25, -0.2) is 0 Å². The number of hydrogen-bond donors (Lipinski definition) is 1. The summed E-state index contributed by atoms with van der Waals surface area (Å²) in [6.07, 6.45) is 6.88. The lowest BCUT2D eigenvalue weighted by Gasteiger charge is -2.35. The lowest BCUT2D eigenvalue weighted by molar-refractivity contribution is 0.189. The summed E-state index contributed by atoms with van der Waals surface area (Å²) >= 11 is 0. The SMILES string of the molecule is CCC(C)n1ccc(CN2CCCNC(CC)(CC)C2)n1. The number of aromatic nitrogens is 2. The lowest BCUT2D eigenvalue weighted by atomic mass is 9.92. The maximum absolute atomic E-state index is 4.76. The summed E-state index contributed by atoms with van der Waals surface area (Å²) < 4.78 is 2.11. The zero-order valence-corrected chi connectivity index (χ0v) is 14.2. The Morgan fingerprint density at radius 1 is 1.33 bits per heavy atom. The Hall–Kier alpha value is -0.870. The molecule has 1 aromatic rings. The molecule has 1 aliphatic heterocycles. The first kappa shape index (κ1) is 16.5. The molecule has 0 spiro atoms. The predicted octanol–water partition coefficient (Wildman–Crippen LogP) is 3.21. The Morgan fingerprint density at radius 3 is 2.76 bits per heavy atom. The van der Waals surface area contributed by atoms with Crippen LogP contribution >= 0.6 is 0 Å². The Labute approximate surface area is 129 Å². The van der Waals surface area contributed by atoms with Crippen molar-refractivity contribution < 1.29 is 0 Å². The maximum Gasteiger partial charge on any atom is 0.0764 e. The minimum Gasteiger partial charge on any atom is -0.310 e. The van der Waals surface area contributed by atoms with Gasteiger partial charge in [0.2, 0.25) is 0 Å². The van der Waals surface area contributed by atoms with Gasteiger partial charge in [-0.05, 0) is 51.8 Å². The van der Waals surface area contributed by atoms with Gasteiger partial charge in [0.05, 0.1) is 5.69 Å². The van der Waals surface area contributed by atoms with Gasteiger partial charge in [0, 0.05) is 30.9 Å². The Morgan fingerprint density at radius 2 is 2.10 bits per heavy atom. The van der Waals surface area contributed by atoms with E-state index in [9.17, 15) is 0 Å². The third kappa shape index (κ3) is 4.07. The van der Waals surface area contributed by atoms with Gasteiger partial charge in [0.1, 0.15) is 0 Å². The zero-order chi connectivity index (χ0) is 15.3. The molecule has 0 amide bonds. The smallest absolute Gasteiger partial charge is 0.0764 e. The maximum atomic E-state index is 4.76. The fraction of sp³-hybridized carbons (Fsp3) is 0.824. The number of rotatable bonds is 6. The molecule has 1 N–H and O–H groups in total. The van der Waals surface area contributed by atoms with Gasteiger partial charge in [0.25, 0.3) is 0 Å². The highest BCUT2D eigenvalue weighted by Gasteiger charge is 2.30. The average Bonchev–Trinajstić information content (AvgIpc) is 2.87. The van der Waals surface area contributed by atoms with Crippen LogP contribution in [0.15, 0.2) is 12.3 Å². The van der Waals surface area contributed by atoms with Crippen LogP contribution < -0.4 is 5.32 Å². The molecular formula is C17H32N4. The van der Waals surface area contributed by atoms with Gasteiger partial charge in [-0.2, -0.15) is 5.10 Å². The molecule has 0 radical (unpaired) electrons. The van der Waals surface area contributed by atoms with Gasteiger partial charge in [-0.15, -0.1) is 0 Å². The summed E-state index contributed by atoms with van der Waals surface area (Å²) in [6.45, 7) is 13.5. The molecule has 1 fully saturated rings. The fourth-order valence-corrected chi connectivity index (χ4v) is 3.20. The Balaban J connectivity index is 2.02. The van der Waals surface area contributed by atoms with Crippen LogP contribution in [0.4, 0.5) is 0 Å². The number of nitrogens with one attached hydrogen (secondary N) is 1. The van der Waals surface area contributed by atoms with Crippen LogP contribution in [0.5, 0.6) is 0 Å². The van der Waals surface area contributed by atoms with Crippen LogP contribution in [-0.2, 0) is 6.54 Å². The van der Waals surface area contributed by atoms with Crippen molar-refractivity contribution in [2.45, 2.75) is 71.5 Å². The second kappa shape index (κ2) is 7.41. The molecular weight excluding hydrogens is 260 g/mol. The van der Waals surface area contributed by atoms with Crippen molar-refractivity contribution in [3.63, 3.8) is 0 Å². The average molecular weight is 292 g/mol. The monoisotopic (exact) mass is 292 g/mol. The zero-order valence-electron chi connectivity index (χ0n) is 14.2. The molecule has 1 aromatic heterocycles. The van der Waals surface area contributed by atoms with Crippen LogP contribution in [0.3, 0.4) is 0 Å². The van der Waals surface area contributed by atoms with E-state index in [1.165, 1.54) is 31.5 Å². The second-order valence-electron chi connectivity index (χ2n) is 6.52. The molecule has 4 heteroatoms. The summed E-state index contributed by atoms with van der Waals surface area (Å²) in [5.74, 6) is 0. The first-order valence-corrected chi connectivity index (χ1v) is 8.64. The molecule has 0 bridgehead atoms. The largest absolute Gasteiger partial charge is 0.310 e. The number of nitrogens with zero attached hydrogens (tertiary/aromatic N) is 3. The van der Waals surface area contributed by atoms with Gasteiger partial charge >= 0.3 is 0 Å². The second-order valence-corrected chi connectivity index (χ2v) is 6.52. The highest BCUT2D eigenvalue weighted by molar-refractivity contribution is 5.01. The lowest BCUT2D eigenvalue weighted by Crippen LogP contribution is -2.50. The van der Waals surface area contributed by atoms with Crippen molar-refractivity contribution in [3.8, 4) is 0 Å². The molecule has 0 aromatic carbocycles. The minimum absolute atomic E-state index is 0.287. The van der Waals surface area contributed by atoms with E-state index < -0.39 is 0 Å². The van der Waals surface area contributed by atoms with Crippen molar-refractivity contribution in [1.82, 2.24) is 20.0 Å². The predicted molar refractivity (Wildman–Crippen MR) is 88.4 cm³/mol. The van der Waals surface area contributed by atoms with E-state index in [0.717, 1.165) is 26.1 Å². The molecule has 4 nitrogen and oxygen atoms in total. The van der Waals surface area contributed by atoms with E-state index in [1.54, 1.807) is 0 Å². The highest BCUT2D eigenvalue weighted by atomic mass is 15.3. The summed E-state index contributed by atoms with van der Waals surface area (Å²) in [5.41, 5.74) is 1.49. The standard InChI is InChI=1S/C17H32N4/c1-5-15(4)21-12-9-16(19-21)13-20-11-8-10-18-17(6-2,7-3)14-20/h9,12,15,18H,5-8,10-11,13-14H2,1-4H3. The Bertz CT molecular complexity index is 422. The third-order valence-electron chi connectivity index (χ3n) is 5.12. The third-order valence-corrected chi connectivity index (χ3v) is 5.12. The van der Waals surface area contributed by atoms with E-state index in [-0.39, 0.29) is 5.54 Å². The van der Waals surface area contributed by atoms with Gasteiger partial charge in [-0.1, -0.05) is 20.8 Å². The highest BCUT2D eigenvalue weighted by Crippen LogP contribution is 2.21. The topological polar surface area (TPSA) is 33.1 Å². The molecule has 1 aliphatic rings. The molecule has 1 atom stereocenters. The first-order chi connectivity index (χ1) is 10.1. The Kier molecular flexibility index (Phi) is 5.82. The van der Waals surface area contributed by atoms with Gasteiger partial charge in [-0.3, -0.25) is 9.58 Å². The van der Waals surface area contributed by atoms with E-state index in [1.807, 2.05) is 0 Å². The van der Waals surface area contributed by atoms with Crippen LogP contribution in [0, 0.1) is 0 Å². The van der Waals surface area contributed by atoms with Crippen molar-refractivity contribution >= 4 is 0 Å². The van der Waals surface area contributed by atoms with Crippen LogP contribution in [0.1, 0.15) is 65.1 Å². The van der Waals surface area contributed by atoms with E-state index >= 15 is 0 Å². The quantitative estimate of drug-likeness (QED) is 0.874. The van der Waals surface area contributed by atoms with Crippen LogP contribution in [-0.4, -0.2) is 39.9 Å². The van der Waals surface area contributed by atoms with Crippen LogP contribution in [0.25, 0.3) is 0 Å². The van der Waals surface area contributed by atoms with E-state index in [2.05, 4.69) is 54.9 Å². The van der Waals surface area contributed by atoms with Crippen LogP contribution in [0.2, 0.25) is 0 Å². The summed E-state index contributed by atoms with van der Waals surface area (Å²) in [5, 5.41) is 8.54. The summed E-state index contributed by atoms with van der Waals surface area (Å²) in [6, 6.07) is 2.68. The molecule has 1 saturated heterocycles. The van der Waals surface area contributed by atoms with E-state index in [0.29, 0.717) is 6.04 Å². The summed E-state index contributed by atoms with van der Waals surface area (Å²) in [7, 11) is 0. The molecule has 0 aliphatic carbocycles. The minimum atomic E-state index is 0.287. The van der Waals surface area contributed by atoms with Gasteiger partial charge < -0.3 is 5.32 Å². The normalized spacial score (nSPS) is 21.1.